The van der Waals surface area contributed by atoms with Gasteiger partial charge in [-0.25, -0.2) is 0 Å². The lowest BCUT2D eigenvalue weighted by molar-refractivity contribution is 0.196. The number of aromatic nitrogens is 2. The molecule has 5 heteroatoms. The van der Waals surface area contributed by atoms with E-state index >= 15 is 0 Å². The molecule has 1 heterocycles. The molecule has 0 aliphatic carbocycles. The molecule has 1 aromatic heterocycles. The monoisotopic (exact) mass is 354 g/mol. The molecule has 0 saturated heterocycles. The number of rotatable bonds is 6. The highest BCUT2D eigenvalue weighted by molar-refractivity contribution is 9.10. The van der Waals surface area contributed by atoms with Crippen LogP contribution in [0.2, 0.25) is 0 Å². The molecule has 1 aromatic carbocycles. The summed E-state index contributed by atoms with van der Waals surface area (Å²) in [4.78, 5) is 1.19. The lowest BCUT2D eigenvalue weighted by Gasteiger charge is -2.12. The van der Waals surface area contributed by atoms with Gasteiger partial charge in [-0.1, -0.05) is 18.2 Å². The third kappa shape index (κ3) is 3.87. The first-order valence-corrected chi connectivity index (χ1v) is 8.47. The zero-order chi connectivity index (χ0) is 14.5. The molecule has 0 aliphatic heterocycles. The second-order valence-corrected chi connectivity index (χ2v) is 6.53. The lowest BCUT2D eigenvalue weighted by Crippen LogP contribution is -2.17. The Labute approximate surface area is 132 Å². The zero-order valence-electron chi connectivity index (χ0n) is 11.7. The Kier molecular flexibility index (Phi) is 5.69. The summed E-state index contributed by atoms with van der Waals surface area (Å²) in [5, 5.41) is 14.7. The summed E-state index contributed by atoms with van der Waals surface area (Å²) in [7, 11) is 0. The van der Waals surface area contributed by atoms with Crippen LogP contribution in [0.4, 0.5) is 0 Å². The van der Waals surface area contributed by atoms with Gasteiger partial charge >= 0.3 is 0 Å². The Morgan fingerprint density at radius 3 is 2.70 bits per heavy atom. The molecule has 0 bridgehead atoms. The van der Waals surface area contributed by atoms with Crippen molar-refractivity contribution in [2.75, 3.05) is 5.75 Å². The number of halogens is 1. The van der Waals surface area contributed by atoms with E-state index in [1.807, 2.05) is 29.8 Å². The Balaban J connectivity index is 1.96. The number of nitrogens with zero attached hydrogens (tertiary/aromatic N) is 2. The molecule has 0 spiro atoms. The largest absolute Gasteiger partial charge is 0.392 e. The molecular weight excluding hydrogens is 336 g/mol. The van der Waals surface area contributed by atoms with Crippen molar-refractivity contribution in [2.45, 2.75) is 37.8 Å². The molecule has 0 saturated carbocycles. The van der Waals surface area contributed by atoms with Crippen LogP contribution < -0.4 is 0 Å². The van der Waals surface area contributed by atoms with Gasteiger partial charge in [0.1, 0.15) is 0 Å². The third-order valence-electron chi connectivity index (χ3n) is 3.07. The van der Waals surface area contributed by atoms with Gasteiger partial charge in [-0.3, -0.25) is 4.68 Å². The Hall–Kier alpha value is -0.780. The summed E-state index contributed by atoms with van der Waals surface area (Å²) >= 11 is 5.24. The molecule has 0 aliphatic rings. The number of aryl methyl sites for hydroxylation is 2. The first kappa shape index (κ1) is 15.6. The van der Waals surface area contributed by atoms with Crippen molar-refractivity contribution in [1.82, 2.24) is 9.78 Å². The Morgan fingerprint density at radius 2 is 2.05 bits per heavy atom. The predicted molar refractivity (Wildman–Crippen MR) is 87.2 cm³/mol. The quantitative estimate of drug-likeness (QED) is 0.804. The van der Waals surface area contributed by atoms with Crippen LogP contribution in [-0.4, -0.2) is 26.7 Å². The number of aliphatic hydroxyl groups is 1. The minimum atomic E-state index is -0.377. The second kappa shape index (κ2) is 7.29. The molecular formula is C15H19BrN2OS. The summed E-state index contributed by atoms with van der Waals surface area (Å²) in [5.41, 5.74) is 2.05. The Morgan fingerprint density at radius 1 is 1.35 bits per heavy atom. The molecule has 2 rings (SSSR count). The SMILES string of the molecule is CCn1nc(C)c(Br)c1CC(O)CSc1ccccc1. The first-order valence-electron chi connectivity index (χ1n) is 6.69. The molecule has 1 atom stereocenters. The summed E-state index contributed by atoms with van der Waals surface area (Å²) in [5.74, 6) is 0.685. The number of aliphatic hydroxyl groups excluding tert-OH is 1. The minimum Gasteiger partial charge on any atom is -0.392 e. The van der Waals surface area contributed by atoms with Crippen molar-refractivity contribution in [2.24, 2.45) is 0 Å². The van der Waals surface area contributed by atoms with Crippen molar-refractivity contribution >= 4 is 27.7 Å². The van der Waals surface area contributed by atoms with Crippen molar-refractivity contribution in [3.63, 3.8) is 0 Å². The van der Waals surface area contributed by atoms with Crippen LogP contribution in [0.15, 0.2) is 39.7 Å². The average Bonchev–Trinajstić information content (AvgIpc) is 2.74. The maximum absolute atomic E-state index is 10.2. The van der Waals surface area contributed by atoms with Gasteiger partial charge in [0.2, 0.25) is 0 Å². The second-order valence-electron chi connectivity index (χ2n) is 4.64. The first-order chi connectivity index (χ1) is 9.61. The van der Waals surface area contributed by atoms with Crippen LogP contribution in [-0.2, 0) is 13.0 Å². The minimum absolute atomic E-state index is 0.377. The van der Waals surface area contributed by atoms with Crippen LogP contribution in [0.25, 0.3) is 0 Å². The highest BCUT2D eigenvalue weighted by Gasteiger charge is 2.16. The number of hydrogen-bond donors (Lipinski definition) is 1. The standard InChI is InChI=1S/C15H19BrN2OS/c1-3-18-14(15(16)11(2)17-18)9-12(19)10-20-13-7-5-4-6-8-13/h4-8,12,19H,3,9-10H2,1-2H3. The van der Waals surface area contributed by atoms with E-state index < -0.39 is 0 Å². The van der Waals surface area contributed by atoms with Gasteiger partial charge in [-0.15, -0.1) is 11.8 Å². The van der Waals surface area contributed by atoms with Gasteiger partial charge in [0.25, 0.3) is 0 Å². The van der Waals surface area contributed by atoms with Crippen LogP contribution in [0, 0.1) is 6.92 Å². The van der Waals surface area contributed by atoms with Crippen molar-refractivity contribution in [3.05, 3.63) is 46.2 Å². The fourth-order valence-electron chi connectivity index (χ4n) is 2.06. The van der Waals surface area contributed by atoms with Crippen molar-refractivity contribution in [1.29, 1.82) is 0 Å². The van der Waals surface area contributed by atoms with Gasteiger partial charge in [0.05, 0.1) is 22.0 Å². The van der Waals surface area contributed by atoms with Crippen molar-refractivity contribution in [3.8, 4) is 0 Å². The summed E-state index contributed by atoms with van der Waals surface area (Å²) < 4.78 is 2.97. The molecule has 20 heavy (non-hydrogen) atoms. The maximum atomic E-state index is 10.2. The normalized spacial score (nSPS) is 12.6. The van der Waals surface area contributed by atoms with Crippen LogP contribution >= 0.6 is 27.7 Å². The maximum Gasteiger partial charge on any atom is 0.0738 e. The molecule has 1 unspecified atom stereocenters. The van der Waals surface area contributed by atoms with Crippen LogP contribution in [0.5, 0.6) is 0 Å². The smallest absolute Gasteiger partial charge is 0.0738 e. The van der Waals surface area contributed by atoms with Gasteiger partial charge in [0.15, 0.2) is 0 Å². The van der Waals surface area contributed by atoms with E-state index in [0.717, 1.165) is 22.4 Å². The van der Waals surface area contributed by atoms with Gasteiger partial charge in [0, 0.05) is 23.6 Å². The third-order valence-corrected chi connectivity index (χ3v) is 5.26. The van der Waals surface area contributed by atoms with Gasteiger partial charge in [-0.05, 0) is 41.9 Å². The van der Waals surface area contributed by atoms with E-state index in [9.17, 15) is 5.11 Å². The fraction of sp³-hybridized carbons (Fsp3) is 0.400. The number of thioether (sulfide) groups is 1. The summed E-state index contributed by atoms with van der Waals surface area (Å²) in [6.07, 6.45) is 0.243. The highest BCUT2D eigenvalue weighted by atomic mass is 79.9. The van der Waals surface area contributed by atoms with Crippen molar-refractivity contribution < 1.29 is 5.11 Å². The zero-order valence-corrected chi connectivity index (χ0v) is 14.1. The van der Waals surface area contributed by atoms with E-state index in [2.05, 4.69) is 40.1 Å². The molecule has 0 radical (unpaired) electrons. The van der Waals surface area contributed by atoms with E-state index in [0.29, 0.717) is 12.2 Å². The lowest BCUT2D eigenvalue weighted by atomic mass is 10.2. The molecule has 2 aromatic rings. The molecule has 0 amide bonds. The van der Waals surface area contributed by atoms with Crippen LogP contribution in [0.1, 0.15) is 18.3 Å². The number of hydrogen-bond acceptors (Lipinski definition) is 3. The summed E-state index contributed by atoms with van der Waals surface area (Å²) in [6, 6.07) is 10.2. The van der Waals surface area contributed by atoms with E-state index in [1.165, 1.54) is 4.90 Å². The fourth-order valence-corrected chi connectivity index (χ4v) is 3.35. The van der Waals surface area contributed by atoms with E-state index in [-0.39, 0.29) is 6.10 Å². The van der Waals surface area contributed by atoms with E-state index in [1.54, 1.807) is 11.8 Å². The highest BCUT2D eigenvalue weighted by Crippen LogP contribution is 2.24. The van der Waals surface area contributed by atoms with Gasteiger partial charge in [-0.2, -0.15) is 5.10 Å². The van der Waals surface area contributed by atoms with Gasteiger partial charge < -0.3 is 5.11 Å². The molecule has 0 fully saturated rings. The summed E-state index contributed by atoms with van der Waals surface area (Å²) in [6.45, 7) is 4.86. The topological polar surface area (TPSA) is 38.0 Å². The predicted octanol–water partition coefficient (Wildman–Crippen LogP) is 3.67. The Bertz CT molecular complexity index is 557. The average molecular weight is 355 g/mol. The molecule has 3 nitrogen and oxygen atoms in total. The van der Waals surface area contributed by atoms with Crippen LogP contribution in [0.3, 0.4) is 0 Å². The number of benzene rings is 1. The molecule has 1 N–H and O–H groups in total. The molecule has 108 valence electrons. The van der Waals surface area contributed by atoms with E-state index in [4.69, 9.17) is 0 Å².